The lowest BCUT2D eigenvalue weighted by Gasteiger charge is -2.56. The summed E-state index contributed by atoms with van der Waals surface area (Å²) in [6.07, 6.45) is 9.52. The summed E-state index contributed by atoms with van der Waals surface area (Å²) in [6.45, 7) is 12.7. The number of imide groups is 1. The van der Waals surface area contributed by atoms with Crippen LogP contribution in [0.5, 0.6) is 0 Å². The van der Waals surface area contributed by atoms with Gasteiger partial charge in [0.15, 0.2) is 0 Å². The molecule has 3 amide bonds. The zero-order chi connectivity index (χ0) is 34.6. The zero-order valence-electron chi connectivity index (χ0n) is 30.0. The van der Waals surface area contributed by atoms with Crippen LogP contribution in [0.1, 0.15) is 122 Å². The molecule has 48 heavy (non-hydrogen) atoms. The molecule has 0 radical (unpaired) electrons. The fourth-order valence-electron chi connectivity index (χ4n) is 11.0. The third kappa shape index (κ3) is 5.68. The summed E-state index contributed by atoms with van der Waals surface area (Å²) in [4.78, 5) is 42.0. The average Bonchev–Trinajstić information content (AvgIpc) is 3.03. The Labute approximate surface area is 287 Å². The van der Waals surface area contributed by atoms with Gasteiger partial charge in [0.05, 0.1) is 23.4 Å². The smallest absolute Gasteiger partial charge is 0.232 e. The largest absolute Gasteiger partial charge is 0.399 e. The van der Waals surface area contributed by atoms with E-state index in [4.69, 9.17) is 5.73 Å². The topological polar surface area (TPSA) is 122 Å². The molecule has 7 heteroatoms. The van der Waals surface area contributed by atoms with Crippen LogP contribution in [0.15, 0.2) is 36.4 Å². The average molecular weight is 656 g/mol. The van der Waals surface area contributed by atoms with Gasteiger partial charge in [0.2, 0.25) is 17.7 Å². The van der Waals surface area contributed by atoms with E-state index in [1.165, 1.54) is 22.3 Å². The molecule has 7 atom stereocenters. The van der Waals surface area contributed by atoms with Gasteiger partial charge in [-0.1, -0.05) is 66.5 Å². The number of anilines is 2. The van der Waals surface area contributed by atoms with E-state index in [9.17, 15) is 19.5 Å². The van der Waals surface area contributed by atoms with E-state index in [1.807, 2.05) is 12.1 Å². The van der Waals surface area contributed by atoms with E-state index in [-0.39, 0.29) is 47.0 Å². The van der Waals surface area contributed by atoms with Gasteiger partial charge in [-0.25, -0.2) is 0 Å². The molecule has 4 aliphatic rings. The van der Waals surface area contributed by atoms with Crippen LogP contribution in [-0.4, -0.2) is 29.4 Å². The molecule has 6 rings (SSSR count). The van der Waals surface area contributed by atoms with Crippen molar-refractivity contribution >= 4 is 29.1 Å². The van der Waals surface area contributed by atoms with Crippen molar-refractivity contribution in [3.63, 3.8) is 0 Å². The van der Waals surface area contributed by atoms with Crippen molar-refractivity contribution in [3.8, 4) is 0 Å². The van der Waals surface area contributed by atoms with Gasteiger partial charge in [0, 0.05) is 11.4 Å². The van der Waals surface area contributed by atoms with E-state index >= 15 is 0 Å². The molecule has 0 aliphatic heterocycles. The number of amides is 3. The van der Waals surface area contributed by atoms with Crippen LogP contribution in [0.2, 0.25) is 0 Å². The monoisotopic (exact) mass is 655 g/mol. The van der Waals surface area contributed by atoms with Crippen LogP contribution < -0.4 is 16.4 Å². The summed E-state index contributed by atoms with van der Waals surface area (Å²) in [5.74, 6) is -0.370. The molecule has 4 aliphatic carbocycles. The fourth-order valence-corrected chi connectivity index (χ4v) is 11.0. The van der Waals surface area contributed by atoms with E-state index in [1.54, 1.807) is 0 Å². The Hall–Kier alpha value is -3.19. The first-order valence-electron chi connectivity index (χ1n) is 18.5. The molecule has 2 fully saturated rings. The third-order valence-electron chi connectivity index (χ3n) is 13.6. The van der Waals surface area contributed by atoms with Crippen molar-refractivity contribution in [3.05, 3.63) is 58.7 Å². The van der Waals surface area contributed by atoms with Gasteiger partial charge < -0.3 is 16.2 Å². The van der Waals surface area contributed by atoms with Crippen LogP contribution in [0.25, 0.3) is 0 Å². The highest BCUT2D eigenvalue weighted by molar-refractivity contribution is 6.01. The standard InChI is InChI=1S/C41H57N3O4/c1-25(2)21-28(24-45)35(46)43-30-14-10-27-12-16-34-39(4,32(27)23-30)18-8-20-41(34,6)37(48)44-36(47)40(5)19-7-17-38(3)31-22-29(42)13-9-26(31)11-15-33(38)40/h9-10,13-14,22-23,25,28,33-34,45H,7-8,11-12,15-21,24,42H2,1-6H3,(H,43,46)(H,44,47,48)/t28-,33+,34+,38+,39+,40-,41-/m0/s1. The summed E-state index contributed by atoms with van der Waals surface area (Å²) >= 11 is 0. The van der Waals surface area contributed by atoms with Crippen molar-refractivity contribution in [2.75, 3.05) is 17.7 Å². The van der Waals surface area contributed by atoms with Crippen molar-refractivity contribution in [1.29, 1.82) is 0 Å². The first-order chi connectivity index (χ1) is 22.7. The van der Waals surface area contributed by atoms with E-state index in [2.05, 4.69) is 76.4 Å². The van der Waals surface area contributed by atoms with Crippen LogP contribution in [-0.2, 0) is 38.1 Å². The molecule has 260 valence electrons. The third-order valence-corrected chi connectivity index (χ3v) is 13.6. The van der Waals surface area contributed by atoms with Gasteiger partial charge in [-0.3, -0.25) is 19.7 Å². The number of nitrogens with one attached hydrogen (secondary N) is 2. The molecule has 0 heterocycles. The van der Waals surface area contributed by atoms with Gasteiger partial charge in [0.1, 0.15) is 0 Å². The minimum absolute atomic E-state index is 0.0603. The molecule has 2 saturated carbocycles. The Morgan fingerprint density at radius 1 is 0.812 bits per heavy atom. The summed E-state index contributed by atoms with van der Waals surface area (Å²) in [5.41, 5.74) is 11.1. The van der Waals surface area contributed by atoms with Crippen molar-refractivity contribution in [2.24, 2.45) is 34.5 Å². The number of hydrogen-bond acceptors (Lipinski definition) is 5. The predicted octanol–water partition coefficient (Wildman–Crippen LogP) is 7.23. The lowest BCUT2D eigenvalue weighted by Crippen LogP contribution is -2.60. The first-order valence-corrected chi connectivity index (χ1v) is 18.5. The molecule has 0 saturated heterocycles. The number of nitrogen functional groups attached to an aromatic ring is 1. The second kappa shape index (κ2) is 12.6. The van der Waals surface area contributed by atoms with Crippen molar-refractivity contribution in [1.82, 2.24) is 5.32 Å². The summed E-state index contributed by atoms with van der Waals surface area (Å²) in [7, 11) is 0. The van der Waals surface area contributed by atoms with E-state index in [0.29, 0.717) is 12.3 Å². The van der Waals surface area contributed by atoms with Crippen LogP contribution in [0.3, 0.4) is 0 Å². The number of aryl methyl sites for hydroxylation is 2. The van der Waals surface area contributed by atoms with Gasteiger partial charge in [-0.05, 0) is 133 Å². The van der Waals surface area contributed by atoms with Gasteiger partial charge in [-0.2, -0.15) is 0 Å². The normalized spacial score (nSPS) is 33.0. The number of rotatable bonds is 7. The van der Waals surface area contributed by atoms with Crippen molar-refractivity contribution in [2.45, 2.75) is 123 Å². The molecule has 0 bridgehead atoms. The Kier molecular flexibility index (Phi) is 9.10. The summed E-state index contributed by atoms with van der Waals surface area (Å²) < 4.78 is 0. The summed E-state index contributed by atoms with van der Waals surface area (Å²) in [6, 6.07) is 12.4. The van der Waals surface area contributed by atoms with Crippen molar-refractivity contribution < 1.29 is 19.5 Å². The number of carbonyl (C=O) groups is 3. The Balaban J connectivity index is 1.23. The number of hydrogen-bond donors (Lipinski definition) is 4. The van der Waals surface area contributed by atoms with Gasteiger partial charge in [0.25, 0.3) is 0 Å². The highest BCUT2D eigenvalue weighted by Crippen LogP contribution is 2.59. The molecule has 2 aromatic rings. The van der Waals surface area contributed by atoms with Crippen LogP contribution >= 0.6 is 0 Å². The van der Waals surface area contributed by atoms with E-state index < -0.39 is 16.7 Å². The Bertz CT molecular complexity index is 1600. The zero-order valence-corrected chi connectivity index (χ0v) is 30.0. The molecule has 0 aromatic heterocycles. The number of nitrogens with two attached hydrogens (primary N) is 1. The van der Waals surface area contributed by atoms with Gasteiger partial charge >= 0.3 is 0 Å². The maximum Gasteiger partial charge on any atom is 0.232 e. The quantitative estimate of drug-likeness (QED) is 0.185. The number of benzene rings is 2. The van der Waals surface area contributed by atoms with Gasteiger partial charge in [-0.15, -0.1) is 0 Å². The number of aliphatic hydroxyl groups is 1. The molecular weight excluding hydrogens is 598 g/mol. The summed E-state index contributed by atoms with van der Waals surface area (Å²) in [5, 5.41) is 16.0. The molecule has 7 nitrogen and oxygen atoms in total. The molecule has 5 N–H and O–H groups in total. The van der Waals surface area contributed by atoms with Crippen LogP contribution in [0, 0.1) is 34.5 Å². The van der Waals surface area contributed by atoms with Crippen LogP contribution in [0.4, 0.5) is 11.4 Å². The maximum absolute atomic E-state index is 14.5. The lowest BCUT2D eigenvalue weighted by atomic mass is 9.49. The highest BCUT2D eigenvalue weighted by atomic mass is 16.3. The number of fused-ring (bicyclic) bond motifs is 6. The highest BCUT2D eigenvalue weighted by Gasteiger charge is 2.58. The lowest BCUT2D eigenvalue weighted by molar-refractivity contribution is -0.150. The molecule has 0 unspecified atom stereocenters. The fraction of sp³-hybridized carbons (Fsp3) is 0.634. The minimum Gasteiger partial charge on any atom is -0.399 e. The Morgan fingerprint density at radius 2 is 1.33 bits per heavy atom. The second-order valence-corrected chi connectivity index (χ2v) is 17.1. The molecule has 2 aromatic carbocycles. The molecular formula is C41H57N3O4. The van der Waals surface area contributed by atoms with E-state index in [0.717, 1.165) is 75.6 Å². The molecule has 0 spiro atoms. The number of aliphatic hydroxyl groups excluding tert-OH is 1. The number of carbonyl (C=O) groups excluding carboxylic acids is 3. The predicted molar refractivity (Wildman–Crippen MR) is 191 cm³/mol. The minimum atomic E-state index is -0.694. The second-order valence-electron chi connectivity index (χ2n) is 17.1. The first kappa shape index (κ1) is 34.7. The SMILES string of the molecule is CC(C)C[C@@H](CO)C(=O)Nc1ccc2c(c1)[C@@]1(C)CCC[C@](C)(C(=O)NC(=O)[C@@]3(C)CCC[C@]4(C)c5cc(N)ccc5CC[C@@H]34)[C@@H]1CC2. The maximum atomic E-state index is 14.5. The Morgan fingerprint density at radius 3 is 1.85 bits per heavy atom.